The average Bonchev–Trinajstić information content (AvgIpc) is 3.61. The number of hydrogen-bond acceptors (Lipinski definition) is 7. The van der Waals surface area contributed by atoms with Gasteiger partial charge in [-0.3, -0.25) is 15.1 Å². The molecule has 1 aromatic carbocycles. The number of urea groups is 1. The van der Waals surface area contributed by atoms with E-state index in [1.54, 1.807) is 42.0 Å². The van der Waals surface area contributed by atoms with Gasteiger partial charge in [-0.1, -0.05) is 12.1 Å². The second-order valence-corrected chi connectivity index (χ2v) is 9.50. The van der Waals surface area contributed by atoms with Gasteiger partial charge < -0.3 is 20.4 Å². The fraction of sp³-hybridized carbons (Fsp3) is 0.143. The first kappa shape index (κ1) is 23.9. The summed E-state index contributed by atoms with van der Waals surface area (Å²) in [6.07, 6.45) is 8.53. The van der Waals surface area contributed by atoms with Crippen molar-refractivity contribution in [1.29, 1.82) is 0 Å². The Labute approximate surface area is 226 Å². The normalized spacial score (nSPS) is 15.6. The topological polar surface area (TPSA) is 152 Å². The largest absolute Gasteiger partial charge is 0.377 e. The molecular formula is C28H22FN9O2. The van der Waals surface area contributed by atoms with Gasteiger partial charge in [0.1, 0.15) is 11.5 Å². The minimum atomic E-state index is -0.494. The molecule has 6 aromatic rings. The van der Waals surface area contributed by atoms with Crippen LogP contribution in [0.3, 0.4) is 0 Å². The van der Waals surface area contributed by atoms with E-state index >= 15 is 0 Å². The zero-order chi connectivity index (χ0) is 27.2. The van der Waals surface area contributed by atoms with Crippen LogP contribution in [0.2, 0.25) is 0 Å². The van der Waals surface area contributed by atoms with Gasteiger partial charge in [-0.05, 0) is 35.4 Å². The summed E-state index contributed by atoms with van der Waals surface area (Å²) in [6, 6.07) is 9.44. The number of aromatic nitrogens is 7. The molecule has 1 atom stereocenters. The lowest BCUT2D eigenvalue weighted by atomic mass is 10.0. The maximum absolute atomic E-state index is 13.9. The molecule has 40 heavy (non-hydrogen) atoms. The molecule has 4 N–H and O–H groups in total. The van der Waals surface area contributed by atoms with Crippen LogP contribution in [0.5, 0.6) is 0 Å². The predicted molar refractivity (Wildman–Crippen MR) is 145 cm³/mol. The Balaban J connectivity index is 1.28. The van der Waals surface area contributed by atoms with Gasteiger partial charge in [-0.25, -0.2) is 19.2 Å². The van der Waals surface area contributed by atoms with E-state index in [1.807, 2.05) is 18.2 Å². The number of pyridine rings is 3. The zero-order valence-electron chi connectivity index (χ0n) is 21.0. The number of amides is 2. The number of nitrogens with zero attached hydrogens (tertiary/aromatic N) is 6. The quantitative estimate of drug-likeness (QED) is 0.306. The lowest BCUT2D eigenvalue weighted by molar-refractivity contribution is 0.0136. The Morgan fingerprint density at radius 3 is 2.80 bits per heavy atom. The van der Waals surface area contributed by atoms with E-state index in [9.17, 15) is 9.18 Å². The molecular weight excluding hydrogens is 513 g/mol. The van der Waals surface area contributed by atoms with Gasteiger partial charge in [0.05, 0.1) is 41.9 Å². The molecule has 11 nitrogen and oxygen atoms in total. The Hall–Kier alpha value is -5.23. The maximum Gasteiger partial charge on any atom is 0.315 e. The zero-order valence-corrected chi connectivity index (χ0v) is 21.0. The molecule has 1 unspecified atom stereocenters. The van der Waals surface area contributed by atoms with Crippen LogP contribution >= 0.6 is 0 Å². The van der Waals surface area contributed by atoms with Crippen molar-refractivity contribution < 1.29 is 13.9 Å². The minimum absolute atomic E-state index is 0.323. The van der Waals surface area contributed by atoms with Crippen molar-refractivity contribution in [1.82, 2.24) is 40.0 Å². The monoisotopic (exact) mass is 535 g/mol. The van der Waals surface area contributed by atoms with Gasteiger partial charge in [0.25, 0.3) is 0 Å². The number of nitrogens with two attached hydrogens (primary N) is 1. The van der Waals surface area contributed by atoms with Gasteiger partial charge in [-0.2, -0.15) is 5.10 Å². The van der Waals surface area contributed by atoms with E-state index in [-0.39, 0.29) is 11.9 Å². The highest BCUT2D eigenvalue weighted by Gasteiger charge is 2.28. The molecule has 12 heteroatoms. The summed E-state index contributed by atoms with van der Waals surface area (Å²) in [5.41, 5.74) is 12.0. The molecule has 1 fully saturated rings. The van der Waals surface area contributed by atoms with Gasteiger partial charge in [0.15, 0.2) is 11.5 Å². The molecule has 0 spiro atoms. The summed E-state index contributed by atoms with van der Waals surface area (Å²) >= 11 is 0. The molecule has 1 aliphatic heterocycles. The first-order valence-corrected chi connectivity index (χ1v) is 12.6. The van der Waals surface area contributed by atoms with Crippen molar-refractivity contribution in [2.24, 2.45) is 5.73 Å². The number of aromatic amines is 2. The number of fused-ring (bicyclic) bond motifs is 2. The Bertz CT molecular complexity index is 1900. The average molecular weight is 536 g/mol. The molecule has 2 amide bonds. The third kappa shape index (κ3) is 4.10. The van der Waals surface area contributed by atoms with Crippen molar-refractivity contribution in [3.05, 3.63) is 78.8 Å². The van der Waals surface area contributed by atoms with Crippen molar-refractivity contribution in [2.75, 3.05) is 19.8 Å². The summed E-state index contributed by atoms with van der Waals surface area (Å²) in [4.78, 5) is 35.0. The predicted octanol–water partition coefficient (Wildman–Crippen LogP) is 4.22. The number of rotatable bonds is 4. The summed E-state index contributed by atoms with van der Waals surface area (Å²) < 4.78 is 19.5. The number of H-pyrrole nitrogens is 2. The van der Waals surface area contributed by atoms with E-state index in [0.29, 0.717) is 59.1 Å². The molecule has 7 rings (SSSR count). The van der Waals surface area contributed by atoms with Gasteiger partial charge in [-0.15, -0.1) is 0 Å². The third-order valence-electron chi connectivity index (χ3n) is 7.07. The molecule has 1 aliphatic rings. The first-order valence-electron chi connectivity index (χ1n) is 12.6. The highest BCUT2D eigenvalue weighted by Crippen LogP contribution is 2.33. The number of benzene rings is 1. The second-order valence-electron chi connectivity index (χ2n) is 9.50. The standard InChI is InChI=1S/C28H22FN9O2/c29-19-3-1-2-15(7-19)21-12-32-13-22-24(21)35-27(34-22)25-20-8-17(11-33-26(20)37-36-25)16-6-18(10-31-9-16)23-14-40-5-4-38(23)28(30)39/h1-3,6-13,23H,4-5,14H2,(H2,30,39)(H,34,35)(H,33,36,37). The number of primary amides is 1. The molecule has 5 aromatic heterocycles. The number of carbonyl (C=O) groups excluding carboxylic acids is 1. The smallest absolute Gasteiger partial charge is 0.315 e. The Kier molecular flexibility index (Phi) is 5.67. The molecule has 198 valence electrons. The lowest BCUT2D eigenvalue weighted by Crippen LogP contribution is -2.46. The van der Waals surface area contributed by atoms with Crippen LogP contribution in [0.25, 0.3) is 55.8 Å². The van der Waals surface area contributed by atoms with Crippen molar-refractivity contribution in [2.45, 2.75) is 6.04 Å². The number of ether oxygens (including phenoxy) is 1. The highest BCUT2D eigenvalue weighted by atomic mass is 19.1. The summed E-state index contributed by atoms with van der Waals surface area (Å²) in [5.74, 6) is 0.214. The summed E-state index contributed by atoms with van der Waals surface area (Å²) in [7, 11) is 0. The second kappa shape index (κ2) is 9.50. The van der Waals surface area contributed by atoms with Crippen molar-refractivity contribution in [3.8, 4) is 33.8 Å². The van der Waals surface area contributed by atoms with Crippen LogP contribution in [-0.4, -0.2) is 65.8 Å². The molecule has 0 radical (unpaired) electrons. The van der Waals surface area contributed by atoms with Crippen LogP contribution in [-0.2, 0) is 4.74 Å². The van der Waals surface area contributed by atoms with Crippen molar-refractivity contribution >= 4 is 28.1 Å². The van der Waals surface area contributed by atoms with Crippen LogP contribution in [0, 0.1) is 5.82 Å². The van der Waals surface area contributed by atoms with Gasteiger partial charge >= 0.3 is 6.03 Å². The number of imidazole rings is 1. The number of hydrogen-bond donors (Lipinski definition) is 3. The van der Waals surface area contributed by atoms with Crippen molar-refractivity contribution in [3.63, 3.8) is 0 Å². The van der Waals surface area contributed by atoms with Crippen LogP contribution < -0.4 is 5.73 Å². The fourth-order valence-electron chi connectivity index (χ4n) is 5.10. The van der Waals surface area contributed by atoms with Crippen LogP contribution in [0.4, 0.5) is 9.18 Å². The number of halogens is 1. The summed E-state index contributed by atoms with van der Waals surface area (Å²) in [5, 5.41) is 8.16. The lowest BCUT2D eigenvalue weighted by Gasteiger charge is -2.34. The van der Waals surface area contributed by atoms with Crippen LogP contribution in [0.15, 0.2) is 67.4 Å². The van der Waals surface area contributed by atoms with E-state index < -0.39 is 6.03 Å². The maximum atomic E-state index is 13.9. The Morgan fingerprint density at radius 2 is 1.93 bits per heavy atom. The van der Waals surface area contributed by atoms with E-state index in [2.05, 4.69) is 30.1 Å². The van der Waals surface area contributed by atoms with Gasteiger partial charge in [0, 0.05) is 48.0 Å². The molecule has 0 bridgehead atoms. The molecule has 6 heterocycles. The fourth-order valence-corrected chi connectivity index (χ4v) is 5.10. The third-order valence-corrected chi connectivity index (χ3v) is 7.07. The SMILES string of the molecule is NC(=O)N1CCOCC1c1cncc(-c2cnc3n[nH]c(-c4nc5c(-c6cccc(F)c6)cncc5[nH]4)c3c2)c1. The van der Waals surface area contributed by atoms with Gasteiger partial charge in [0.2, 0.25) is 0 Å². The van der Waals surface area contributed by atoms with E-state index in [0.717, 1.165) is 22.1 Å². The molecule has 0 aliphatic carbocycles. The van der Waals surface area contributed by atoms with Crippen LogP contribution in [0.1, 0.15) is 11.6 Å². The molecule has 1 saturated heterocycles. The number of nitrogens with one attached hydrogen (secondary N) is 2. The van der Waals surface area contributed by atoms with E-state index in [1.165, 1.54) is 12.1 Å². The summed E-state index contributed by atoms with van der Waals surface area (Å²) in [6.45, 7) is 1.21. The first-order chi connectivity index (χ1) is 19.5. The van der Waals surface area contributed by atoms with E-state index in [4.69, 9.17) is 15.5 Å². The highest BCUT2D eigenvalue weighted by molar-refractivity contribution is 5.96. The number of carbonyl (C=O) groups is 1. The number of morpholine rings is 1. The minimum Gasteiger partial charge on any atom is -0.377 e. The Morgan fingerprint density at radius 1 is 1.05 bits per heavy atom. The molecule has 0 saturated carbocycles.